The number of aliphatic carboxylic acids is 1. The van der Waals surface area contributed by atoms with Gasteiger partial charge in [-0.2, -0.15) is 0 Å². The second kappa shape index (κ2) is 6.71. The third kappa shape index (κ3) is 3.39. The van der Waals surface area contributed by atoms with Crippen LogP contribution >= 0.6 is 0 Å². The van der Waals surface area contributed by atoms with Crippen LogP contribution in [0.4, 0.5) is 0 Å². The number of methoxy groups -OCH3 is 1. The normalized spacial score (nSPS) is 28.7. The Morgan fingerprint density at radius 3 is 2.74 bits per heavy atom. The summed E-state index contributed by atoms with van der Waals surface area (Å²) in [6, 6.07) is 7.85. The summed E-state index contributed by atoms with van der Waals surface area (Å²) in [7, 11) is 1.38. The van der Waals surface area contributed by atoms with Gasteiger partial charge in [0, 0.05) is 5.92 Å². The van der Waals surface area contributed by atoms with Crippen molar-refractivity contribution in [3.05, 3.63) is 35.4 Å². The van der Waals surface area contributed by atoms with Crippen LogP contribution in [0.1, 0.15) is 30.4 Å². The average molecular weight is 318 g/mol. The summed E-state index contributed by atoms with van der Waals surface area (Å²) < 4.78 is 10.5. The number of rotatable bonds is 6. The zero-order valence-corrected chi connectivity index (χ0v) is 13.2. The summed E-state index contributed by atoms with van der Waals surface area (Å²) >= 11 is 0. The van der Waals surface area contributed by atoms with E-state index < -0.39 is 5.97 Å². The van der Waals surface area contributed by atoms with Crippen molar-refractivity contribution in [2.75, 3.05) is 7.11 Å². The Bertz CT molecular complexity index is 597. The van der Waals surface area contributed by atoms with Gasteiger partial charge in [-0.25, -0.2) is 0 Å². The van der Waals surface area contributed by atoms with E-state index in [1.54, 1.807) is 0 Å². The lowest BCUT2D eigenvalue weighted by Crippen LogP contribution is -2.33. The summed E-state index contributed by atoms with van der Waals surface area (Å²) in [6.07, 6.45) is 3.70. The minimum atomic E-state index is -0.735. The molecule has 1 aromatic carbocycles. The molecule has 1 N–H and O–H groups in total. The van der Waals surface area contributed by atoms with E-state index in [1.165, 1.54) is 7.11 Å². The maximum absolute atomic E-state index is 11.5. The molecule has 2 aliphatic heterocycles. The molecule has 1 aromatic rings. The van der Waals surface area contributed by atoms with Gasteiger partial charge in [-0.1, -0.05) is 24.3 Å². The third-order valence-corrected chi connectivity index (χ3v) is 5.04. The summed E-state index contributed by atoms with van der Waals surface area (Å²) in [6.45, 7) is 0. The van der Waals surface area contributed by atoms with Gasteiger partial charge in [0.1, 0.15) is 0 Å². The molecule has 5 heteroatoms. The fraction of sp³-hybridized carbons (Fsp3) is 0.556. The zero-order chi connectivity index (χ0) is 16.4. The molecule has 0 amide bonds. The molecule has 4 atom stereocenters. The number of esters is 1. The average Bonchev–Trinajstić information content (AvgIpc) is 3.14. The number of benzene rings is 1. The van der Waals surface area contributed by atoms with E-state index in [4.69, 9.17) is 4.74 Å². The predicted molar refractivity (Wildman–Crippen MR) is 83.0 cm³/mol. The van der Waals surface area contributed by atoms with Crippen molar-refractivity contribution in [1.29, 1.82) is 0 Å². The van der Waals surface area contributed by atoms with E-state index >= 15 is 0 Å². The largest absolute Gasteiger partial charge is 0.481 e. The van der Waals surface area contributed by atoms with Crippen molar-refractivity contribution in [2.24, 2.45) is 11.8 Å². The summed E-state index contributed by atoms with van der Waals surface area (Å²) in [4.78, 5) is 22.9. The Morgan fingerprint density at radius 1 is 1.26 bits per heavy atom. The Kier molecular flexibility index (Phi) is 4.66. The summed E-state index contributed by atoms with van der Waals surface area (Å²) in [5, 5.41) is 9.44. The van der Waals surface area contributed by atoms with E-state index in [0.717, 1.165) is 36.8 Å². The molecule has 2 fully saturated rings. The molecule has 5 nitrogen and oxygen atoms in total. The fourth-order valence-electron chi connectivity index (χ4n) is 3.95. The monoisotopic (exact) mass is 318 g/mol. The van der Waals surface area contributed by atoms with Gasteiger partial charge < -0.3 is 14.6 Å². The van der Waals surface area contributed by atoms with Crippen molar-refractivity contribution in [2.45, 2.75) is 44.3 Å². The lowest BCUT2D eigenvalue weighted by atomic mass is 9.76. The van der Waals surface area contributed by atoms with Crippen molar-refractivity contribution in [3.8, 4) is 0 Å². The number of carbonyl (C=O) groups is 2. The van der Waals surface area contributed by atoms with Gasteiger partial charge in [-0.3, -0.25) is 9.59 Å². The number of hydrogen-bond acceptors (Lipinski definition) is 4. The van der Waals surface area contributed by atoms with Gasteiger partial charge in [0.25, 0.3) is 0 Å². The van der Waals surface area contributed by atoms with E-state index in [9.17, 15) is 14.7 Å². The number of hydrogen-bond donors (Lipinski definition) is 1. The Balaban J connectivity index is 1.63. The van der Waals surface area contributed by atoms with Gasteiger partial charge >= 0.3 is 11.9 Å². The van der Waals surface area contributed by atoms with E-state index in [2.05, 4.69) is 4.74 Å². The first kappa shape index (κ1) is 16.0. The molecular weight excluding hydrogens is 296 g/mol. The number of carboxylic acids is 1. The van der Waals surface area contributed by atoms with Crippen molar-refractivity contribution in [1.82, 2.24) is 0 Å². The van der Waals surface area contributed by atoms with Crippen molar-refractivity contribution < 1.29 is 24.2 Å². The second-order valence-corrected chi connectivity index (χ2v) is 6.43. The lowest BCUT2D eigenvalue weighted by molar-refractivity contribution is -0.145. The Labute approximate surface area is 135 Å². The Morgan fingerprint density at radius 2 is 2.00 bits per heavy atom. The number of carboxylic acid groups (broad SMARTS) is 1. The van der Waals surface area contributed by atoms with Gasteiger partial charge in [0.15, 0.2) is 0 Å². The van der Waals surface area contributed by atoms with Gasteiger partial charge in [-0.05, 0) is 36.8 Å². The zero-order valence-electron chi connectivity index (χ0n) is 13.2. The maximum atomic E-state index is 11.5. The maximum Gasteiger partial charge on any atom is 0.309 e. The molecule has 0 spiro atoms. The second-order valence-electron chi connectivity index (χ2n) is 6.43. The highest BCUT2D eigenvalue weighted by Crippen LogP contribution is 2.45. The molecule has 23 heavy (non-hydrogen) atoms. The molecular formula is C18H22O5. The number of fused-ring (bicyclic) bond motifs is 2. The number of aryl methyl sites for hydroxylation is 1. The van der Waals surface area contributed by atoms with Crippen LogP contribution in [0.3, 0.4) is 0 Å². The number of carbonyl (C=O) groups excluding carboxylic acids is 1. The highest BCUT2D eigenvalue weighted by atomic mass is 16.5. The molecule has 2 bridgehead atoms. The van der Waals surface area contributed by atoms with E-state index in [0.29, 0.717) is 0 Å². The highest BCUT2D eigenvalue weighted by Gasteiger charge is 2.51. The Hall–Kier alpha value is -1.88. The first-order valence-corrected chi connectivity index (χ1v) is 8.11. The molecule has 0 unspecified atom stereocenters. The predicted octanol–water partition coefficient (Wildman–Crippen LogP) is 2.21. The van der Waals surface area contributed by atoms with Crippen LogP contribution in [0.25, 0.3) is 0 Å². The quantitative estimate of drug-likeness (QED) is 0.814. The van der Waals surface area contributed by atoms with Gasteiger partial charge in [0.2, 0.25) is 0 Å². The SMILES string of the molecule is COC(=O)Cc1cccc(CC[C@@H]2[C@H](C(=O)O)[C@H]3CC[C@@H]2O3)c1. The highest BCUT2D eigenvalue weighted by molar-refractivity contribution is 5.72. The van der Waals surface area contributed by atoms with Crippen LogP contribution in [-0.2, 0) is 31.9 Å². The molecule has 2 saturated heterocycles. The van der Waals surface area contributed by atoms with Gasteiger partial charge in [0.05, 0.1) is 31.7 Å². The first-order valence-electron chi connectivity index (χ1n) is 8.11. The van der Waals surface area contributed by atoms with Crippen LogP contribution < -0.4 is 0 Å². The van der Waals surface area contributed by atoms with Crippen LogP contribution in [0, 0.1) is 11.8 Å². The third-order valence-electron chi connectivity index (χ3n) is 5.04. The minimum absolute atomic E-state index is 0.0931. The lowest BCUT2D eigenvalue weighted by Gasteiger charge is -2.24. The van der Waals surface area contributed by atoms with Crippen LogP contribution in [0.15, 0.2) is 24.3 Å². The summed E-state index contributed by atoms with van der Waals surface area (Å²) in [5.41, 5.74) is 2.05. The molecule has 0 aromatic heterocycles. The van der Waals surface area contributed by atoms with Crippen LogP contribution in [-0.4, -0.2) is 36.4 Å². The summed E-state index contributed by atoms with van der Waals surface area (Å²) in [5.74, 6) is -1.27. The van der Waals surface area contributed by atoms with E-state index in [1.807, 2.05) is 24.3 Å². The van der Waals surface area contributed by atoms with Gasteiger partial charge in [-0.15, -0.1) is 0 Å². The fourth-order valence-corrected chi connectivity index (χ4v) is 3.95. The molecule has 0 saturated carbocycles. The molecule has 2 aliphatic rings. The molecule has 124 valence electrons. The molecule has 3 rings (SSSR count). The van der Waals surface area contributed by atoms with Crippen molar-refractivity contribution >= 4 is 11.9 Å². The standard InChI is InChI=1S/C18H22O5/c1-22-16(19)10-12-4-2-3-11(9-12)5-6-13-14-7-8-15(23-14)17(13)18(20)21/h2-4,9,13-15,17H,5-8,10H2,1H3,(H,20,21)/t13-,14-,15+,17-/m0/s1. The molecule has 0 aliphatic carbocycles. The molecule has 0 radical (unpaired) electrons. The van der Waals surface area contributed by atoms with Crippen molar-refractivity contribution in [3.63, 3.8) is 0 Å². The number of ether oxygens (including phenoxy) is 2. The van der Waals surface area contributed by atoms with E-state index in [-0.39, 0.29) is 36.4 Å². The van der Waals surface area contributed by atoms with Crippen LogP contribution in [0.2, 0.25) is 0 Å². The van der Waals surface area contributed by atoms with Crippen LogP contribution in [0.5, 0.6) is 0 Å². The topological polar surface area (TPSA) is 72.8 Å². The molecule has 2 heterocycles. The minimum Gasteiger partial charge on any atom is -0.481 e. The first-order chi connectivity index (χ1) is 11.1. The smallest absolute Gasteiger partial charge is 0.309 e.